The Balaban J connectivity index is 1.68. The van der Waals surface area contributed by atoms with Crippen LogP contribution in [0.3, 0.4) is 0 Å². The quantitative estimate of drug-likeness (QED) is 0.610. The predicted octanol–water partition coefficient (Wildman–Crippen LogP) is 3.24. The highest BCUT2D eigenvalue weighted by Crippen LogP contribution is 2.27. The van der Waals surface area contributed by atoms with E-state index >= 15 is 0 Å². The van der Waals surface area contributed by atoms with Crippen LogP contribution in [0.25, 0.3) is 28.5 Å². The number of benzene rings is 1. The summed E-state index contributed by atoms with van der Waals surface area (Å²) in [6.07, 6.45) is 4.80. The molecule has 7 nitrogen and oxygen atoms in total. The van der Waals surface area contributed by atoms with Crippen LogP contribution in [-0.2, 0) is 0 Å². The van der Waals surface area contributed by atoms with E-state index in [4.69, 9.17) is 16.1 Å². The lowest BCUT2D eigenvalue weighted by atomic mass is 10.2. The number of nitrogens with one attached hydrogen (secondary N) is 1. The molecule has 0 saturated carbocycles. The third-order valence-electron chi connectivity index (χ3n) is 3.77. The zero-order valence-corrected chi connectivity index (χ0v) is 13.9. The van der Waals surface area contributed by atoms with Gasteiger partial charge in [-0.05, 0) is 37.3 Å². The number of imidazole rings is 1. The second-order valence-electron chi connectivity index (χ2n) is 5.40. The van der Waals surface area contributed by atoms with E-state index in [9.17, 15) is 4.79 Å². The molecule has 0 atom stereocenters. The normalized spacial score (nSPS) is 11.0. The van der Waals surface area contributed by atoms with Crippen LogP contribution < -0.4 is 5.69 Å². The Morgan fingerprint density at radius 1 is 1.20 bits per heavy atom. The van der Waals surface area contributed by atoms with Crippen LogP contribution in [-0.4, -0.2) is 24.7 Å². The summed E-state index contributed by atoms with van der Waals surface area (Å²) in [6, 6.07) is 9.03. The molecule has 1 N–H and O–H groups in total. The minimum absolute atomic E-state index is 0.181. The number of nitrogens with zero attached hydrogens (tertiary/aromatic N) is 4. The maximum atomic E-state index is 11.8. The zero-order valence-electron chi connectivity index (χ0n) is 13.1. The summed E-state index contributed by atoms with van der Waals surface area (Å²) < 4.78 is 6.88. The van der Waals surface area contributed by atoms with Gasteiger partial charge in [-0.2, -0.15) is 4.98 Å². The van der Waals surface area contributed by atoms with Crippen molar-refractivity contribution >= 4 is 11.6 Å². The first-order chi connectivity index (χ1) is 12.1. The highest BCUT2D eigenvalue weighted by atomic mass is 35.5. The van der Waals surface area contributed by atoms with E-state index in [0.29, 0.717) is 22.3 Å². The van der Waals surface area contributed by atoms with Gasteiger partial charge in [-0.1, -0.05) is 16.8 Å². The Hall–Kier alpha value is -3.19. The van der Waals surface area contributed by atoms with Gasteiger partial charge in [0.2, 0.25) is 5.82 Å². The summed E-state index contributed by atoms with van der Waals surface area (Å²) in [4.78, 5) is 22.8. The second kappa shape index (κ2) is 6.03. The van der Waals surface area contributed by atoms with Crippen molar-refractivity contribution in [2.45, 2.75) is 6.92 Å². The van der Waals surface area contributed by atoms with Crippen LogP contribution in [0.1, 0.15) is 5.69 Å². The topological polar surface area (TPSA) is 89.6 Å². The maximum Gasteiger partial charge on any atom is 0.330 e. The Bertz CT molecular complexity index is 1090. The number of rotatable bonds is 3. The van der Waals surface area contributed by atoms with Crippen LogP contribution in [0.2, 0.25) is 5.02 Å². The van der Waals surface area contributed by atoms with Gasteiger partial charge in [-0.15, -0.1) is 0 Å². The van der Waals surface area contributed by atoms with Gasteiger partial charge in [0.1, 0.15) is 0 Å². The van der Waals surface area contributed by atoms with Crippen molar-refractivity contribution in [3.63, 3.8) is 0 Å². The fourth-order valence-corrected chi connectivity index (χ4v) is 2.73. The van der Waals surface area contributed by atoms with Gasteiger partial charge < -0.3 is 9.51 Å². The summed E-state index contributed by atoms with van der Waals surface area (Å²) in [5, 5.41) is 4.43. The molecule has 0 amide bonds. The molecule has 3 aromatic heterocycles. The number of aromatic amines is 1. The fourth-order valence-electron chi connectivity index (χ4n) is 2.53. The first-order valence-electron chi connectivity index (χ1n) is 7.45. The number of hydrogen-bond acceptors (Lipinski definition) is 5. The number of hydrogen-bond donors (Lipinski definition) is 1. The Kier molecular flexibility index (Phi) is 3.70. The Morgan fingerprint density at radius 2 is 2.00 bits per heavy atom. The number of aryl methyl sites for hydroxylation is 1. The standard InChI is InChI=1S/C17H12ClN5O2/c1-10-8-20-17(24)23(10)12-4-2-11(3-5-12)15-21-16(25-22-15)13-6-7-19-9-14(13)18/h2-9H,1H3,(H,20,24). The minimum Gasteiger partial charge on any atom is -0.334 e. The first-order valence-corrected chi connectivity index (χ1v) is 7.83. The fraction of sp³-hybridized carbons (Fsp3) is 0.0588. The third-order valence-corrected chi connectivity index (χ3v) is 4.07. The summed E-state index contributed by atoms with van der Waals surface area (Å²) in [7, 11) is 0. The molecule has 0 aliphatic rings. The molecule has 25 heavy (non-hydrogen) atoms. The highest BCUT2D eigenvalue weighted by molar-refractivity contribution is 6.32. The average molecular weight is 354 g/mol. The molecular formula is C17H12ClN5O2. The second-order valence-corrected chi connectivity index (χ2v) is 5.80. The lowest BCUT2D eigenvalue weighted by Crippen LogP contribution is -2.15. The number of H-pyrrole nitrogens is 1. The third kappa shape index (κ3) is 2.74. The van der Waals surface area contributed by atoms with Crippen LogP contribution in [0.15, 0.2) is 58.2 Å². The molecule has 4 rings (SSSR count). The zero-order chi connectivity index (χ0) is 17.4. The van der Waals surface area contributed by atoms with Crippen molar-refractivity contribution in [1.82, 2.24) is 24.7 Å². The van der Waals surface area contributed by atoms with Crippen molar-refractivity contribution < 1.29 is 4.52 Å². The molecule has 0 unspecified atom stereocenters. The van der Waals surface area contributed by atoms with Crippen LogP contribution in [0.4, 0.5) is 0 Å². The van der Waals surface area contributed by atoms with E-state index < -0.39 is 0 Å². The lowest BCUT2D eigenvalue weighted by Gasteiger charge is -2.04. The van der Waals surface area contributed by atoms with Gasteiger partial charge in [-0.3, -0.25) is 9.55 Å². The van der Waals surface area contributed by atoms with Gasteiger partial charge in [0.25, 0.3) is 5.89 Å². The predicted molar refractivity (Wildman–Crippen MR) is 92.7 cm³/mol. The Labute approximate surface area is 146 Å². The van der Waals surface area contributed by atoms with Gasteiger partial charge in [0.05, 0.1) is 16.3 Å². The molecule has 3 heterocycles. The molecule has 4 aromatic rings. The van der Waals surface area contributed by atoms with Crippen molar-refractivity contribution in [2.24, 2.45) is 0 Å². The van der Waals surface area contributed by atoms with Gasteiger partial charge in [0, 0.05) is 29.8 Å². The van der Waals surface area contributed by atoms with Gasteiger partial charge >= 0.3 is 5.69 Å². The van der Waals surface area contributed by atoms with Crippen molar-refractivity contribution in [2.75, 3.05) is 0 Å². The Morgan fingerprint density at radius 3 is 2.68 bits per heavy atom. The van der Waals surface area contributed by atoms with E-state index in [1.165, 1.54) is 6.20 Å². The summed E-state index contributed by atoms with van der Waals surface area (Å²) in [6.45, 7) is 1.86. The summed E-state index contributed by atoms with van der Waals surface area (Å²) in [5.41, 5.74) is 2.80. The molecule has 0 radical (unpaired) electrons. The molecule has 0 aliphatic carbocycles. The molecule has 0 saturated heterocycles. The van der Waals surface area contributed by atoms with Crippen molar-refractivity contribution in [3.05, 3.63) is 70.1 Å². The maximum absolute atomic E-state index is 11.8. The van der Waals surface area contributed by atoms with E-state index in [0.717, 1.165) is 16.9 Å². The SMILES string of the molecule is Cc1c[nH]c(=O)n1-c1ccc(-c2noc(-c3ccncc3Cl)n2)cc1. The summed E-state index contributed by atoms with van der Waals surface area (Å²) in [5.74, 6) is 0.761. The molecule has 0 fully saturated rings. The molecule has 0 bridgehead atoms. The molecule has 8 heteroatoms. The molecular weight excluding hydrogens is 342 g/mol. The van der Waals surface area contributed by atoms with Gasteiger partial charge in [-0.25, -0.2) is 4.79 Å². The largest absolute Gasteiger partial charge is 0.334 e. The average Bonchev–Trinajstić information content (AvgIpc) is 3.23. The summed E-state index contributed by atoms with van der Waals surface area (Å²) >= 11 is 6.10. The van der Waals surface area contributed by atoms with Crippen molar-refractivity contribution in [1.29, 1.82) is 0 Å². The first kappa shape index (κ1) is 15.3. The molecule has 1 aromatic carbocycles. The molecule has 0 aliphatic heterocycles. The minimum atomic E-state index is -0.181. The van der Waals surface area contributed by atoms with E-state index in [1.807, 2.05) is 31.2 Å². The van der Waals surface area contributed by atoms with Gasteiger partial charge in [0.15, 0.2) is 0 Å². The van der Waals surface area contributed by atoms with E-state index in [2.05, 4.69) is 20.1 Å². The molecule has 124 valence electrons. The number of aromatic nitrogens is 5. The van der Waals surface area contributed by atoms with Crippen LogP contribution in [0, 0.1) is 6.92 Å². The number of pyridine rings is 1. The highest BCUT2D eigenvalue weighted by Gasteiger charge is 2.14. The van der Waals surface area contributed by atoms with E-state index in [1.54, 1.807) is 23.0 Å². The molecule has 0 spiro atoms. The monoisotopic (exact) mass is 353 g/mol. The van der Waals surface area contributed by atoms with Crippen LogP contribution >= 0.6 is 11.6 Å². The van der Waals surface area contributed by atoms with E-state index in [-0.39, 0.29) is 5.69 Å². The smallest absolute Gasteiger partial charge is 0.330 e. The number of halogens is 1. The van der Waals surface area contributed by atoms with Crippen LogP contribution in [0.5, 0.6) is 0 Å². The van der Waals surface area contributed by atoms with Crippen molar-refractivity contribution in [3.8, 4) is 28.5 Å². The lowest BCUT2D eigenvalue weighted by molar-refractivity contribution is 0.432.